The van der Waals surface area contributed by atoms with Gasteiger partial charge in [-0.25, -0.2) is 14.2 Å². The molecule has 0 radical (unpaired) electrons. The topological polar surface area (TPSA) is 97.8 Å². The van der Waals surface area contributed by atoms with Gasteiger partial charge in [-0.15, -0.1) is 11.3 Å². The van der Waals surface area contributed by atoms with E-state index in [1.54, 1.807) is 7.11 Å². The number of amides is 1. The van der Waals surface area contributed by atoms with E-state index in [-0.39, 0.29) is 18.2 Å². The summed E-state index contributed by atoms with van der Waals surface area (Å²) < 4.78 is 23.9. The zero-order chi connectivity index (χ0) is 18.9. The van der Waals surface area contributed by atoms with Crippen LogP contribution in [0.15, 0.2) is 23.6 Å². The van der Waals surface area contributed by atoms with Crippen LogP contribution in [0.3, 0.4) is 0 Å². The Kier molecular flexibility index (Phi) is 7.64. The third-order valence-corrected chi connectivity index (χ3v) is 4.30. The molecule has 0 spiro atoms. The van der Waals surface area contributed by atoms with Gasteiger partial charge in [0.15, 0.2) is 5.69 Å². The summed E-state index contributed by atoms with van der Waals surface area (Å²) in [5, 5.41) is 13.6. The fraction of sp³-hybridized carbons (Fsp3) is 0.353. The number of thiazole rings is 1. The van der Waals surface area contributed by atoms with Crippen molar-refractivity contribution in [3.05, 3.63) is 51.2 Å². The second kappa shape index (κ2) is 9.95. The number of aromatic carboxylic acids is 1. The van der Waals surface area contributed by atoms with Gasteiger partial charge in [-0.3, -0.25) is 4.79 Å². The van der Waals surface area contributed by atoms with Crippen molar-refractivity contribution < 1.29 is 28.6 Å². The number of methoxy groups -OCH3 is 1. The quantitative estimate of drug-likeness (QED) is 0.611. The Balaban J connectivity index is 1.86. The summed E-state index contributed by atoms with van der Waals surface area (Å²) in [5.74, 6) is -1.87. The molecule has 2 N–H and O–H groups in total. The number of hydrogen-bond acceptors (Lipinski definition) is 6. The van der Waals surface area contributed by atoms with Crippen LogP contribution in [-0.4, -0.2) is 48.8 Å². The number of nitrogens with one attached hydrogen (secondary N) is 1. The molecule has 0 atom stereocenters. The van der Waals surface area contributed by atoms with Gasteiger partial charge < -0.3 is 19.9 Å². The second-order valence-corrected chi connectivity index (χ2v) is 6.23. The number of rotatable bonds is 10. The number of hydrogen-bond donors (Lipinski definition) is 2. The molecule has 0 saturated heterocycles. The summed E-state index contributed by atoms with van der Waals surface area (Å²) in [6.07, 6.45) is 0.415. The van der Waals surface area contributed by atoms with Gasteiger partial charge in [-0.2, -0.15) is 0 Å². The molecule has 9 heteroatoms. The number of benzene rings is 1. The van der Waals surface area contributed by atoms with Gasteiger partial charge in [0.25, 0.3) is 5.91 Å². The fourth-order valence-electron chi connectivity index (χ4n) is 2.06. The Hall–Kier alpha value is -2.36. The van der Waals surface area contributed by atoms with Crippen molar-refractivity contribution in [2.24, 2.45) is 0 Å². The fourth-order valence-corrected chi connectivity index (χ4v) is 2.83. The van der Waals surface area contributed by atoms with Crippen molar-refractivity contribution in [2.45, 2.75) is 13.0 Å². The maximum absolute atomic E-state index is 13.8. The second-order valence-electron chi connectivity index (χ2n) is 5.29. The number of carboxylic acid groups (broad SMARTS) is 1. The van der Waals surface area contributed by atoms with Crippen LogP contribution in [0.4, 0.5) is 4.39 Å². The van der Waals surface area contributed by atoms with Crippen LogP contribution < -0.4 is 5.32 Å². The molecule has 0 aliphatic rings. The number of carbonyl (C=O) groups excluding carboxylic acids is 1. The predicted molar refractivity (Wildman–Crippen MR) is 93.0 cm³/mol. The van der Waals surface area contributed by atoms with Gasteiger partial charge in [0.05, 0.1) is 24.8 Å². The Morgan fingerprint density at radius 2 is 2.15 bits per heavy atom. The van der Waals surface area contributed by atoms with E-state index in [4.69, 9.17) is 14.6 Å². The molecular formula is C17H19FN2O5S. The van der Waals surface area contributed by atoms with Crippen molar-refractivity contribution in [3.8, 4) is 0 Å². The molecule has 1 aromatic heterocycles. The first-order chi connectivity index (χ1) is 12.5. The van der Waals surface area contributed by atoms with Crippen LogP contribution in [-0.2, 0) is 22.5 Å². The summed E-state index contributed by atoms with van der Waals surface area (Å²) in [5.41, 5.74) is 0.606. The van der Waals surface area contributed by atoms with Crippen LogP contribution in [0.25, 0.3) is 0 Å². The van der Waals surface area contributed by atoms with Crippen LogP contribution in [0.2, 0.25) is 0 Å². The number of aromatic nitrogens is 1. The maximum atomic E-state index is 13.8. The SMILES string of the molecule is COCCOCc1cc(C(=O)NCCc2nc(C(=O)O)cs2)ccc1F. The summed E-state index contributed by atoms with van der Waals surface area (Å²) in [6.45, 7) is 1.08. The van der Waals surface area contributed by atoms with Gasteiger partial charge in [-0.1, -0.05) is 0 Å². The minimum Gasteiger partial charge on any atom is -0.476 e. The molecule has 2 aromatic rings. The molecule has 1 aromatic carbocycles. The highest BCUT2D eigenvalue weighted by atomic mass is 32.1. The lowest BCUT2D eigenvalue weighted by atomic mass is 10.1. The van der Waals surface area contributed by atoms with Gasteiger partial charge in [0.1, 0.15) is 5.82 Å². The molecule has 26 heavy (non-hydrogen) atoms. The molecule has 140 valence electrons. The number of nitrogens with zero attached hydrogens (tertiary/aromatic N) is 1. The molecule has 2 rings (SSSR count). The maximum Gasteiger partial charge on any atom is 0.355 e. The van der Waals surface area contributed by atoms with E-state index in [0.717, 1.165) is 0 Å². The number of carboxylic acids is 1. The van der Waals surface area contributed by atoms with Crippen LogP contribution in [0.1, 0.15) is 31.4 Å². The standard InChI is InChI=1S/C17H19FN2O5S/c1-24-6-7-25-9-12-8-11(2-3-13(12)18)16(21)19-5-4-15-20-14(10-26-15)17(22)23/h2-3,8,10H,4-7,9H2,1H3,(H,19,21)(H,22,23). The van der Waals surface area contributed by atoms with E-state index in [9.17, 15) is 14.0 Å². The van der Waals surface area contributed by atoms with Crippen LogP contribution in [0.5, 0.6) is 0 Å². The van der Waals surface area contributed by atoms with Crippen molar-refractivity contribution >= 4 is 23.2 Å². The zero-order valence-corrected chi connectivity index (χ0v) is 15.0. The summed E-state index contributed by atoms with van der Waals surface area (Å²) >= 11 is 1.22. The van der Waals surface area contributed by atoms with E-state index in [2.05, 4.69) is 10.3 Å². The van der Waals surface area contributed by atoms with E-state index in [1.165, 1.54) is 34.9 Å². The predicted octanol–water partition coefficient (Wildman–Crippen LogP) is 2.12. The number of carbonyl (C=O) groups is 2. The van der Waals surface area contributed by atoms with E-state index in [1.807, 2.05) is 0 Å². The van der Waals surface area contributed by atoms with Crippen LogP contribution >= 0.6 is 11.3 Å². The highest BCUT2D eigenvalue weighted by Crippen LogP contribution is 2.13. The lowest BCUT2D eigenvalue weighted by Gasteiger charge is -2.08. The first-order valence-corrected chi connectivity index (χ1v) is 8.70. The average molecular weight is 382 g/mol. The van der Waals surface area contributed by atoms with Crippen molar-refractivity contribution in [2.75, 3.05) is 26.9 Å². The largest absolute Gasteiger partial charge is 0.476 e. The Morgan fingerprint density at radius 1 is 1.35 bits per heavy atom. The molecule has 1 amide bonds. The van der Waals surface area contributed by atoms with Gasteiger partial charge >= 0.3 is 5.97 Å². The molecular weight excluding hydrogens is 363 g/mol. The van der Waals surface area contributed by atoms with Gasteiger partial charge in [-0.05, 0) is 18.2 Å². The van der Waals surface area contributed by atoms with Crippen molar-refractivity contribution in [3.63, 3.8) is 0 Å². The molecule has 0 aliphatic heterocycles. The van der Waals surface area contributed by atoms with Crippen molar-refractivity contribution in [1.82, 2.24) is 10.3 Å². The smallest absolute Gasteiger partial charge is 0.355 e. The average Bonchev–Trinajstić information content (AvgIpc) is 3.09. The van der Waals surface area contributed by atoms with Crippen LogP contribution in [0, 0.1) is 5.82 Å². The van der Waals surface area contributed by atoms with Crippen molar-refractivity contribution in [1.29, 1.82) is 0 Å². The Labute approximate surface area is 153 Å². The zero-order valence-electron chi connectivity index (χ0n) is 14.2. The normalized spacial score (nSPS) is 10.7. The first kappa shape index (κ1) is 20.0. The number of halogens is 1. The Bertz CT molecular complexity index is 765. The highest BCUT2D eigenvalue weighted by Gasteiger charge is 2.11. The van der Waals surface area contributed by atoms with Gasteiger partial charge in [0.2, 0.25) is 0 Å². The summed E-state index contributed by atoms with van der Waals surface area (Å²) in [6, 6.07) is 4.07. The summed E-state index contributed by atoms with van der Waals surface area (Å²) in [7, 11) is 1.54. The lowest BCUT2D eigenvalue weighted by Crippen LogP contribution is -2.26. The Morgan fingerprint density at radius 3 is 2.85 bits per heavy atom. The molecule has 0 bridgehead atoms. The van der Waals surface area contributed by atoms with E-state index < -0.39 is 11.8 Å². The minimum atomic E-state index is -1.08. The minimum absolute atomic E-state index is 0.00650. The molecule has 1 heterocycles. The monoisotopic (exact) mass is 382 g/mol. The highest BCUT2D eigenvalue weighted by molar-refractivity contribution is 7.09. The molecule has 0 fully saturated rings. The number of ether oxygens (including phenoxy) is 2. The molecule has 0 saturated carbocycles. The summed E-state index contributed by atoms with van der Waals surface area (Å²) in [4.78, 5) is 26.9. The molecule has 0 aliphatic carbocycles. The van der Waals surface area contributed by atoms with Gasteiger partial charge in [0, 0.05) is 36.6 Å². The third kappa shape index (κ3) is 5.87. The van der Waals surface area contributed by atoms with E-state index in [0.29, 0.717) is 42.3 Å². The first-order valence-electron chi connectivity index (χ1n) is 7.82. The lowest BCUT2D eigenvalue weighted by molar-refractivity contribution is 0.0604. The third-order valence-electron chi connectivity index (χ3n) is 3.39. The molecule has 0 unspecified atom stereocenters. The molecule has 7 nitrogen and oxygen atoms in total. The van der Waals surface area contributed by atoms with E-state index >= 15 is 0 Å².